The van der Waals surface area contributed by atoms with Crippen LogP contribution in [0.5, 0.6) is 11.5 Å². The number of methoxy groups -OCH3 is 2. The maximum absolute atomic E-state index is 13.6. The standard InChI is InChI=1S/C29H34N2O6/c1-4-36-23(32)17-29-14-8-16-31(28(33)37-18-19-9-6-5-7-10-19)27(29)24-20-11-12-22(34-2)26(35-3)25(20)30-21(24)13-15-29/h5-7,9-12,27,30H,4,8,13-18H2,1-3H3/t27-,29+/m0/s1. The fourth-order valence-electron chi connectivity index (χ4n) is 6.23. The van der Waals surface area contributed by atoms with E-state index in [2.05, 4.69) is 4.98 Å². The van der Waals surface area contributed by atoms with Gasteiger partial charge in [-0.15, -0.1) is 0 Å². The number of aromatic nitrogens is 1. The van der Waals surface area contributed by atoms with Crippen molar-refractivity contribution in [2.75, 3.05) is 27.4 Å². The van der Waals surface area contributed by atoms with Gasteiger partial charge in [0.15, 0.2) is 11.5 Å². The molecule has 1 aliphatic heterocycles. The van der Waals surface area contributed by atoms with Crippen molar-refractivity contribution in [3.8, 4) is 11.5 Å². The van der Waals surface area contributed by atoms with Gasteiger partial charge in [0.05, 0.1) is 38.8 Å². The van der Waals surface area contributed by atoms with Crippen LogP contribution in [0.1, 0.15) is 55.5 Å². The number of hydrogen-bond donors (Lipinski definition) is 1. The van der Waals surface area contributed by atoms with E-state index < -0.39 is 5.41 Å². The molecule has 5 rings (SSSR count). The Labute approximate surface area is 216 Å². The van der Waals surface area contributed by atoms with Crippen LogP contribution in [0.2, 0.25) is 0 Å². The normalized spacial score (nSPS) is 20.6. The number of nitrogens with one attached hydrogen (secondary N) is 1. The molecule has 8 heteroatoms. The summed E-state index contributed by atoms with van der Waals surface area (Å²) < 4.78 is 22.4. The molecule has 1 amide bonds. The van der Waals surface area contributed by atoms with E-state index in [9.17, 15) is 9.59 Å². The molecule has 2 atom stereocenters. The number of carbonyl (C=O) groups is 2. The Hall–Kier alpha value is -3.68. The van der Waals surface area contributed by atoms with Crippen LogP contribution in [-0.4, -0.2) is 49.3 Å². The molecule has 1 fully saturated rings. The molecule has 1 aliphatic carbocycles. The summed E-state index contributed by atoms with van der Waals surface area (Å²) in [5.41, 5.74) is 3.41. The summed E-state index contributed by atoms with van der Waals surface area (Å²) in [7, 11) is 3.23. The van der Waals surface area contributed by atoms with Crippen molar-refractivity contribution in [3.63, 3.8) is 0 Å². The summed E-state index contributed by atoms with van der Waals surface area (Å²) in [4.78, 5) is 31.8. The summed E-state index contributed by atoms with van der Waals surface area (Å²) in [6.07, 6.45) is 3.04. The number of benzene rings is 2. The topological polar surface area (TPSA) is 90.1 Å². The van der Waals surface area contributed by atoms with Crippen LogP contribution in [0.25, 0.3) is 10.9 Å². The molecule has 3 aromatic rings. The van der Waals surface area contributed by atoms with Gasteiger partial charge in [-0.05, 0) is 50.3 Å². The zero-order valence-electron chi connectivity index (χ0n) is 21.7. The first-order valence-corrected chi connectivity index (χ1v) is 12.9. The Morgan fingerprint density at radius 3 is 2.59 bits per heavy atom. The van der Waals surface area contributed by atoms with Crippen LogP contribution in [0.3, 0.4) is 0 Å². The van der Waals surface area contributed by atoms with Crippen LogP contribution in [-0.2, 0) is 27.3 Å². The predicted molar refractivity (Wildman–Crippen MR) is 139 cm³/mol. The fraction of sp³-hybridized carbons (Fsp3) is 0.448. The van der Waals surface area contributed by atoms with Gasteiger partial charge in [0, 0.05) is 28.6 Å². The minimum Gasteiger partial charge on any atom is -0.493 e. The van der Waals surface area contributed by atoms with Crippen LogP contribution < -0.4 is 9.47 Å². The third-order valence-corrected chi connectivity index (χ3v) is 7.79. The monoisotopic (exact) mass is 506 g/mol. The van der Waals surface area contributed by atoms with Gasteiger partial charge in [0.2, 0.25) is 0 Å². The van der Waals surface area contributed by atoms with E-state index in [-0.39, 0.29) is 31.1 Å². The van der Waals surface area contributed by atoms with E-state index in [4.69, 9.17) is 18.9 Å². The minimum absolute atomic E-state index is 0.194. The molecule has 0 saturated carbocycles. The van der Waals surface area contributed by atoms with Crippen molar-refractivity contribution in [1.82, 2.24) is 9.88 Å². The Morgan fingerprint density at radius 2 is 1.86 bits per heavy atom. The van der Waals surface area contributed by atoms with E-state index in [1.165, 1.54) is 0 Å². The highest BCUT2D eigenvalue weighted by Crippen LogP contribution is 2.57. The molecular weight excluding hydrogens is 472 g/mol. The number of aromatic amines is 1. The Balaban J connectivity index is 1.58. The molecule has 0 bridgehead atoms. The summed E-state index contributed by atoms with van der Waals surface area (Å²) in [6.45, 7) is 2.90. The molecule has 196 valence electrons. The second-order valence-electron chi connectivity index (χ2n) is 9.82. The quantitative estimate of drug-likeness (QED) is 0.423. The molecular formula is C29H34N2O6. The van der Waals surface area contributed by atoms with E-state index in [0.29, 0.717) is 24.7 Å². The van der Waals surface area contributed by atoms with Crippen molar-refractivity contribution < 1.29 is 28.5 Å². The average molecular weight is 507 g/mol. The number of likely N-dealkylation sites (tertiary alicyclic amines) is 1. The van der Waals surface area contributed by atoms with Gasteiger partial charge in [0.1, 0.15) is 6.61 Å². The highest BCUT2D eigenvalue weighted by Gasteiger charge is 2.52. The second kappa shape index (κ2) is 10.4. The molecule has 37 heavy (non-hydrogen) atoms. The first kappa shape index (κ1) is 25.0. The molecule has 0 radical (unpaired) electrons. The lowest BCUT2D eigenvalue weighted by atomic mass is 9.62. The van der Waals surface area contributed by atoms with Crippen molar-refractivity contribution in [3.05, 3.63) is 59.3 Å². The number of nitrogens with zero attached hydrogens (tertiary/aromatic N) is 1. The number of piperidine rings is 1. The fourth-order valence-corrected chi connectivity index (χ4v) is 6.23. The Kier molecular flexibility index (Phi) is 7.00. The van der Waals surface area contributed by atoms with Crippen molar-refractivity contribution in [1.29, 1.82) is 0 Å². The summed E-state index contributed by atoms with van der Waals surface area (Å²) in [6, 6.07) is 13.2. The third kappa shape index (κ3) is 4.49. The maximum atomic E-state index is 13.6. The Morgan fingerprint density at radius 1 is 1.05 bits per heavy atom. The number of aryl methyl sites for hydroxylation is 1. The van der Waals surface area contributed by atoms with Gasteiger partial charge in [-0.2, -0.15) is 0 Å². The van der Waals surface area contributed by atoms with E-state index in [1.54, 1.807) is 14.2 Å². The van der Waals surface area contributed by atoms with Gasteiger partial charge in [-0.1, -0.05) is 30.3 Å². The van der Waals surface area contributed by atoms with Gasteiger partial charge in [-0.3, -0.25) is 4.79 Å². The smallest absolute Gasteiger partial charge is 0.410 e. The van der Waals surface area contributed by atoms with Crippen LogP contribution in [0.4, 0.5) is 4.79 Å². The number of amides is 1. The molecule has 2 aromatic carbocycles. The minimum atomic E-state index is -0.439. The molecule has 0 spiro atoms. The van der Waals surface area contributed by atoms with Gasteiger partial charge < -0.3 is 28.8 Å². The number of fused-ring (bicyclic) bond motifs is 5. The van der Waals surface area contributed by atoms with E-state index in [1.807, 2.05) is 54.3 Å². The number of H-pyrrole nitrogens is 1. The molecule has 0 unspecified atom stereocenters. The van der Waals surface area contributed by atoms with Crippen molar-refractivity contribution in [2.24, 2.45) is 5.41 Å². The number of rotatable bonds is 7. The number of esters is 1. The van der Waals surface area contributed by atoms with Crippen LogP contribution in [0, 0.1) is 5.41 Å². The average Bonchev–Trinajstić information content (AvgIpc) is 3.30. The first-order chi connectivity index (χ1) is 18.0. The highest BCUT2D eigenvalue weighted by atomic mass is 16.6. The predicted octanol–water partition coefficient (Wildman–Crippen LogP) is 5.54. The van der Waals surface area contributed by atoms with E-state index in [0.717, 1.165) is 53.4 Å². The van der Waals surface area contributed by atoms with Gasteiger partial charge >= 0.3 is 12.1 Å². The van der Waals surface area contributed by atoms with Crippen molar-refractivity contribution in [2.45, 2.75) is 51.7 Å². The number of ether oxygens (including phenoxy) is 4. The van der Waals surface area contributed by atoms with Crippen molar-refractivity contribution >= 4 is 23.0 Å². The van der Waals surface area contributed by atoms with E-state index >= 15 is 0 Å². The largest absolute Gasteiger partial charge is 0.493 e. The summed E-state index contributed by atoms with van der Waals surface area (Å²) >= 11 is 0. The zero-order valence-corrected chi connectivity index (χ0v) is 21.7. The maximum Gasteiger partial charge on any atom is 0.410 e. The number of carbonyl (C=O) groups excluding carboxylic acids is 2. The lowest BCUT2D eigenvalue weighted by Crippen LogP contribution is -2.51. The van der Waals surface area contributed by atoms with Crippen LogP contribution in [0.15, 0.2) is 42.5 Å². The molecule has 1 N–H and O–H groups in total. The second-order valence-corrected chi connectivity index (χ2v) is 9.82. The molecule has 1 aromatic heterocycles. The Bertz CT molecular complexity index is 1290. The first-order valence-electron chi connectivity index (χ1n) is 12.9. The lowest BCUT2D eigenvalue weighted by Gasteiger charge is -2.51. The molecule has 2 aliphatic rings. The zero-order chi connectivity index (χ0) is 26.0. The summed E-state index contributed by atoms with van der Waals surface area (Å²) in [5.74, 6) is 1.03. The molecule has 2 heterocycles. The van der Waals surface area contributed by atoms with Gasteiger partial charge in [-0.25, -0.2) is 4.79 Å². The summed E-state index contributed by atoms with van der Waals surface area (Å²) in [5, 5.41) is 0.966. The highest BCUT2D eigenvalue weighted by molar-refractivity contribution is 5.93. The molecule has 8 nitrogen and oxygen atoms in total. The number of hydrogen-bond acceptors (Lipinski definition) is 6. The molecule has 1 saturated heterocycles. The lowest BCUT2D eigenvalue weighted by molar-refractivity contribution is -0.149. The SMILES string of the molecule is CCOC(=O)C[C@]12CCCN(C(=O)OCc3ccccc3)[C@H]1c1c([nH]c3c(OC)c(OC)ccc13)CC2. The third-order valence-electron chi connectivity index (χ3n) is 7.79. The van der Waals surface area contributed by atoms with Gasteiger partial charge in [0.25, 0.3) is 0 Å². The van der Waals surface area contributed by atoms with Crippen LogP contribution >= 0.6 is 0 Å².